The van der Waals surface area contributed by atoms with E-state index < -0.39 is 5.97 Å². The molecule has 0 fully saturated rings. The van der Waals surface area contributed by atoms with Crippen LogP contribution in [0.25, 0.3) is 6.08 Å². The second kappa shape index (κ2) is 9.64. The van der Waals surface area contributed by atoms with Crippen molar-refractivity contribution in [3.63, 3.8) is 0 Å². The number of benzene rings is 3. The maximum absolute atomic E-state index is 12.1. The van der Waals surface area contributed by atoms with Crippen molar-refractivity contribution in [1.82, 2.24) is 5.43 Å². The molecule has 138 valence electrons. The molecule has 0 saturated heterocycles. The molecule has 0 aromatic heterocycles. The van der Waals surface area contributed by atoms with E-state index in [9.17, 15) is 9.59 Å². The molecular formula is C23H18N2O3. The lowest BCUT2D eigenvalue weighted by atomic mass is 10.2. The molecule has 0 aliphatic rings. The molecule has 0 heterocycles. The minimum absolute atomic E-state index is 0.322. The summed E-state index contributed by atoms with van der Waals surface area (Å²) in [5, 5.41) is 3.95. The van der Waals surface area contributed by atoms with Crippen LogP contribution in [-0.2, 0) is 4.79 Å². The number of nitrogens with one attached hydrogen (secondary N) is 1. The van der Waals surface area contributed by atoms with Gasteiger partial charge in [-0.2, -0.15) is 5.10 Å². The van der Waals surface area contributed by atoms with Crippen molar-refractivity contribution in [2.75, 3.05) is 0 Å². The lowest BCUT2D eigenvalue weighted by Gasteiger charge is -2.05. The average molecular weight is 370 g/mol. The van der Waals surface area contributed by atoms with Crippen LogP contribution < -0.4 is 10.2 Å². The highest BCUT2D eigenvalue weighted by Gasteiger charge is 2.06. The maximum atomic E-state index is 12.1. The Morgan fingerprint density at radius 2 is 1.46 bits per heavy atom. The number of carbonyl (C=O) groups is 2. The first-order chi connectivity index (χ1) is 13.7. The number of carbonyl (C=O) groups excluding carboxylic acids is 2. The Morgan fingerprint density at radius 1 is 0.821 bits per heavy atom. The van der Waals surface area contributed by atoms with Crippen molar-refractivity contribution in [1.29, 1.82) is 0 Å². The van der Waals surface area contributed by atoms with Crippen LogP contribution in [0.5, 0.6) is 5.75 Å². The summed E-state index contributed by atoms with van der Waals surface area (Å²) in [4.78, 5) is 24.1. The lowest BCUT2D eigenvalue weighted by molar-refractivity contribution is -0.128. The van der Waals surface area contributed by atoms with Crippen LogP contribution in [0.4, 0.5) is 0 Å². The number of esters is 1. The fourth-order valence-electron chi connectivity index (χ4n) is 2.37. The number of para-hydroxylation sites is 1. The number of hydrogen-bond acceptors (Lipinski definition) is 4. The van der Waals surface area contributed by atoms with Gasteiger partial charge in [0.25, 0.3) is 5.91 Å². The van der Waals surface area contributed by atoms with E-state index in [1.165, 1.54) is 12.3 Å². The number of hydrazone groups is 1. The maximum Gasteiger partial charge on any atom is 0.336 e. The van der Waals surface area contributed by atoms with Gasteiger partial charge in [-0.1, -0.05) is 60.7 Å². The Bertz CT molecular complexity index is 997. The zero-order valence-corrected chi connectivity index (χ0v) is 15.0. The molecule has 1 N–H and O–H groups in total. The van der Waals surface area contributed by atoms with Crippen LogP contribution in [-0.4, -0.2) is 18.1 Å². The van der Waals surface area contributed by atoms with E-state index in [-0.39, 0.29) is 5.91 Å². The molecule has 0 saturated carbocycles. The fraction of sp³-hybridized carbons (Fsp3) is 0. The van der Waals surface area contributed by atoms with Crippen molar-refractivity contribution in [3.05, 3.63) is 108 Å². The van der Waals surface area contributed by atoms with Crippen molar-refractivity contribution in [2.24, 2.45) is 5.10 Å². The highest BCUT2D eigenvalue weighted by Crippen LogP contribution is 2.16. The van der Waals surface area contributed by atoms with Gasteiger partial charge in [0.15, 0.2) is 0 Å². The van der Waals surface area contributed by atoms with Crippen molar-refractivity contribution in [3.8, 4) is 5.75 Å². The summed E-state index contributed by atoms with van der Waals surface area (Å²) in [7, 11) is 0. The molecule has 0 radical (unpaired) electrons. The number of hydrogen-bond donors (Lipinski definition) is 1. The Kier molecular flexibility index (Phi) is 6.47. The molecule has 0 spiro atoms. The molecule has 0 atom stereocenters. The van der Waals surface area contributed by atoms with Crippen LogP contribution in [0.15, 0.2) is 96.1 Å². The molecule has 28 heavy (non-hydrogen) atoms. The number of nitrogens with zero attached hydrogens (tertiary/aromatic N) is 1. The summed E-state index contributed by atoms with van der Waals surface area (Å²) in [6.07, 6.45) is 4.48. The third-order valence-corrected chi connectivity index (χ3v) is 3.75. The number of amides is 1. The Balaban J connectivity index is 1.63. The first-order valence-electron chi connectivity index (χ1n) is 8.65. The average Bonchev–Trinajstić information content (AvgIpc) is 2.75. The predicted molar refractivity (Wildman–Crippen MR) is 109 cm³/mol. The van der Waals surface area contributed by atoms with Gasteiger partial charge in [-0.25, -0.2) is 10.2 Å². The molecule has 0 aliphatic carbocycles. The molecule has 0 bridgehead atoms. The van der Waals surface area contributed by atoms with E-state index in [1.807, 2.05) is 36.4 Å². The SMILES string of the molecule is O=C(C=Cc1ccccc1)Oc1ccccc1C=NNC(=O)c1ccccc1. The summed E-state index contributed by atoms with van der Waals surface area (Å²) in [5.41, 5.74) is 4.42. The standard InChI is InChI=1S/C23H18N2O3/c26-22(16-15-18-9-3-1-4-10-18)28-21-14-8-7-13-20(21)17-24-25-23(27)19-11-5-2-6-12-19/h1-17H,(H,25,27). The zero-order valence-electron chi connectivity index (χ0n) is 15.0. The second-order valence-electron chi connectivity index (χ2n) is 5.77. The van der Waals surface area contributed by atoms with Gasteiger partial charge in [-0.05, 0) is 35.9 Å². The van der Waals surface area contributed by atoms with Crippen molar-refractivity contribution in [2.45, 2.75) is 0 Å². The molecule has 3 rings (SSSR count). The minimum Gasteiger partial charge on any atom is -0.423 e. The van der Waals surface area contributed by atoms with Gasteiger partial charge in [-0.15, -0.1) is 0 Å². The van der Waals surface area contributed by atoms with E-state index in [0.29, 0.717) is 16.9 Å². The molecule has 3 aromatic carbocycles. The van der Waals surface area contributed by atoms with Gasteiger partial charge in [0, 0.05) is 17.2 Å². The van der Waals surface area contributed by atoms with E-state index >= 15 is 0 Å². The first-order valence-corrected chi connectivity index (χ1v) is 8.65. The van der Waals surface area contributed by atoms with Gasteiger partial charge < -0.3 is 4.74 Å². The monoisotopic (exact) mass is 370 g/mol. The highest BCUT2D eigenvalue weighted by molar-refractivity contribution is 5.95. The summed E-state index contributed by atoms with van der Waals surface area (Å²) < 4.78 is 5.38. The van der Waals surface area contributed by atoms with Gasteiger partial charge >= 0.3 is 5.97 Å². The number of ether oxygens (including phenoxy) is 1. The van der Waals surface area contributed by atoms with Crippen molar-refractivity contribution < 1.29 is 14.3 Å². The van der Waals surface area contributed by atoms with E-state index in [2.05, 4.69) is 10.5 Å². The lowest BCUT2D eigenvalue weighted by Crippen LogP contribution is -2.17. The number of rotatable bonds is 6. The summed E-state index contributed by atoms with van der Waals surface area (Å²) in [6.45, 7) is 0. The minimum atomic E-state index is -0.502. The zero-order chi connectivity index (χ0) is 19.6. The Labute approximate surface area is 163 Å². The fourth-order valence-corrected chi connectivity index (χ4v) is 2.37. The third-order valence-electron chi connectivity index (χ3n) is 3.75. The van der Waals surface area contributed by atoms with Crippen LogP contribution >= 0.6 is 0 Å². The summed E-state index contributed by atoms with van der Waals surface area (Å²) in [5.74, 6) is -0.474. The predicted octanol–water partition coefficient (Wildman–Crippen LogP) is 4.07. The largest absolute Gasteiger partial charge is 0.423 e. The second-order valence-corrected chi connectivity index (χ2v) is 5.77. The molecule has 5 heteroatoms. The first kappa shape index (κ1) is 18.8. The molecule has 5 nitrogen and oxygen atoms in total. The van der Waals surface area contributed by atoms with Gasteiger partial charge in [0.1, 0.15) is 5.75 Å². The highest BCUT2D eigenvalue weighted by atomic mass is 16.5. The van der Waals surface area contributed by atoms with Crippen LogP contribution in [0.2, 0.25) is 0 Å². The van der Waals surface area contributed by atoms with Crippen molar-refractivity contribution >= 4 is 24.2 Å². The molecule has 1 amide bonds. The van der Waals surface area contributed by atoms with E-state index in [0.717, 1.165) is 5.56 Å². The summed E-state index contributed by atoms with van der Waals surface area (Å²) >= 11 is 0. The topological polar surface area (TPSA) is 67.8 Å². The van der Waals surface area contributed by atoms with Crippen LogP contribution in [0.1, 0.15) is 21.5 Å². The van der Waals surface area contributed by atoms with E-state index in [4.69, 9.17) is 4.74 Å². The quantitative estimate of drug-likeness (QED) is 0.234. The van der Waals surface area contributed by atoms with Gasteiger partial charge in [-0.3, -0.25) is 4.79 Å². The third kappa shape index (κ3) is 5.51. The molecule has 0 aliphatic heterocycles. The Hall–Kier alpha value is -3.99. The van der Waals surface area contributed by atoms with Crippen LogP contribution in [0.3, 0.4) is 0 Å². The molecule has 0 unspecified atom stereocenters. The van der Waals surface area contributed by atoms with Gasteiger partial charge in [0.05, 0.1) is 6.21 Å². The normalized spacial score (nSPS) is 10.9. The van der Waals surface area contributed by atoms with Crippen LogP contribution in [0, 0.1) is 0 Å². The molecule has 3 aromatic rings. The Morgan fingerprint density at radius 3 is 2.21 bits per heavy atom. The summed E-state index contributed by atoms with van der Waals surface area (Å²) in [6, 6.07) is 25.2. The molecular weight excluding hydrogens is 352 g/mol. The van der Waals surface area contributed by atoms with E-state index in [1.54, 1.807) is 54.6 Å². The van der Waals surface area contributed by atoms with Gasteiger partial charge in [0.2, 0.25) is 0 Å². The smallest absolute Gasteiger partial charge is 0.336 e.